The zero-order valence-electron chi connectivity index (χ0n) is 11.8. The van der Waals surface area contributed by atoms with Crippen molar-refractivity contribution in [2.75, 3.05) is 13.7 Å². The smallest absolute Gasteiger partial charge is 0.123 e. The van der Waals surface area contributed by atoms with E-state index in [-0.39, 0.29) is 18.0 Å². The van der Waals surface area contributed by atoms with Crippen LogP contribution in [0.5, 0.6) is 0 Å². The van der Waals surface area contributed by atoms with Crippen molar-refractivity contribution in [2.45, 2.75) is 45.8 Å². The lowest BCUT2D eigenvalue weighted by Crippen LogP contribution is -2.26. The minimum absolute atomic E-state index is 0.147. The van der Waals surface area contributed by atoms with E-state index in [4.69, 9.17) is 4.74 Å². The molecule has 2 atom stereocenters. The monoisotopic (exact) mass is 253 g/mol. The van der Waals surface area contributed by atoms with Gasteiger partial charge < -0.3 is 10.1 Å². The molecule has 0 saturated heterocycles. The van der Waals surface area contributed by atoms with Gasteiger partial charge in [0.1, 0.15) is 5.82 Å². The van der Waals surface area contributed by atoms with Gasteiger partial charge in [-0.15, -0.1) is 0 Å². The molecule has 0 fully saturated rings. The van der Waals surface area contributed by atoms with E-state index < -0.39 is 0 Å². The van der Waals surface area contributed by atoms with E-state index in [2.05, 4.69) is 12.2 Å². The minimum Gasteiger partial charge on any atom is -0.382 e. The molecule has 0 aromatic heterocycles. The highest BCUT2D eigenvalue weighted by molar-refractivity contribution is 5.26. The number of rotatable bonds is 7. The number of nitrogens with one attached hydrogen (secondary N) is 1. The van der Waals surface area contributed by atoms with E-state index in [0.29, 0.717) is 0 Å². The maximum absolute atomic E-state index is 13.5. The molecule has 102 valence electrons. The highest BCUT2D eigenvalue weighted by atomic mass is 19.1. The average molecular weight is 253 g/mol. The van der Waals surface area contributed by atoms with Crippen molar-refractivity contribution in [3.05, 3.63) is 35.1 Å². The predicted octanol–water partition coefficient (Wildman–Crippen LogP) is 3.60. The molecule has 3 heteroatoms. The lowest BCUT2D eigenvalue weighted by atomic mass is 9.99. The van der Waals surface area contributed by atoms with E-state index >= 15 is 0 Å². The molecular formula is C15H24FNO. The third kappa shape index (κ3) is 4.75. The summed E-state index contributed by atoms with van der Waals surface area (Å²) in [5, 5.41) is 3.46. The summed E-state index contributed by atoms with van der Waals surface area (Å²) in [7, 11) is 1.71. The minimum atomic E-state index is -0.168. The highest BCUT2D eigenvalue weighted by Gasteiger charge is 2.15. The summed E-state index contributed by atoms with van der Waals surface area (Å²) in [5.74, 6) is -0.168. The molecule has 1 aromatic rings. The fourth-order valence-corrected chi connectivity index (χ4v) is 2.05. The van der Waals surface area contributed by atoms with Crippen LogP contribution in [-0.4, -0.2) is 19.8 Å². The van der Waals surface area contributed by atoms with E-state index in [1.54, 1.807) is 19.2 Å². The summed E-state index contributed by atoms with van der Waals surface area (Å²) in [6.07, 6.45) is 2.06. The maximum atomic E-state index is 13.5. The third-order valence-corrected chi connectivity index (χ3v) is 3.08. The van der Waals surface area contributed by atoms with Crippen LogP contribution in [-0.2, 0) is 4.74 Å². The first-order chi connectivity index (χ1) is 8.56. The quantitative estimate of drug-likeness (QED) is 0.801. The molecule has 0 aliphatic heterocycles. The molecule has 2 nitrogen and oxygen atoms in total. The SMILES string of the molecule is CCCNC(CC(C)OC)c1cc(C)cc(F)c1. The largest absolute Gasteiger partial charge is 0.382 e. The van der Waals surface area contributed by atoms with Gasteiger partial charge in [0.05, 0.1) is 6.10 Å². The Balaban J connectivity index is 2.85. The molecule has 1 rings (SSSR count). The number of methoxy groups -OCH3 is 1. The predicted molar refractivity (Wildman–Crippen MR) is 73.3 cm³/mol. The second-order valence-electron chi connectivity index (χ2n) is 4.85. The Morgan fingerprint density at radius 3 is 2.61 bits per heavy atom. The maximum Gasteiger partial charge on any atom is 0.123 e. The number of hydrogen-bond donors (Lipinski definition) is 1. The molecule has 0 aliphatic carbocycles. The van der Waals surface area contributed by atoms with Gasteiger partial charge in [0.25, 0.3) is 0 Å². The number of hydrogen-bond acceptors (Lipinski definition) is 2. The zero-order chi connectivity index (χ0) is 13.5. The first kappa shape index (κ1) is 15.1. The Bertz CT molecular complexity index is 347. The normalized spacial score (nSPS) is 14.5. The van der Waals surface area contributed by atoms with Gasteiger partial charge in [-0.2, -0.15) is 0 Å². The van der Waals surface area contributed by atoms with Gasteiger partial charge in [-0.3, -0.25) is 0 Å². The molecule has 2 unspecified atom stereocenters. The standard InChI is InChI=1S/C15H24FNO/c1-5-6-17-15(9-12(3)18-4)13-7-11(2)8-14(16)10-13/h7-8,10,12,15,17H,5-6,9H2,1-4H3. The van der Waals surface area contributed by atoms with Crippen LogP contribution in [0, 0.1) is 12.7 Å². The average Bonchev–Trinajstić information content (AvgIpc) is 2.32. The van der Waals surface area contributed by atoms with E-state index in [0.717, 1.165) is 30.5 Å². The van der Waals surface area contributed by atoms with Crippen molar-refractivity contribution in [3.63, 3.8) is 0 Å². The molecule has 1 aromatic carbocycles. The number of ether oxygens (including phenoxy) is 1. The molecule has 0 bridgehead atoms. The molecule has 0 heterocycles. The van der Waals surface area contributed by atoms with Gasteiger partial charge in [0.2, 0.25) is 0 Å². The van der Waals surface area contributed by atoms with Crippen molar-refractivity contribution in [1.29, 1.82) is 0 Å². The fourth-order valence-electron chi connectivity index (χ4n) is 2.05. The molecule has 0 aliphatic rings. The first-order valence-electron chi connectivity index (χ1n) is 6.60. The van der Waals surface area contributed by atoms with E-state index in [9.17, 15) is 4.39 Å². The molecular weight excluding hydrogens is 229 g/mol. The van der Waals surface area contributed by atoms with Gasteiger partial charge in [0, 0.05) is 13.2 Å². The second kappa shape index (κ2) is 7.49. The lowest BCUT2D eigenvalue weighted by Gasteiger charge is -2.22. The van der Waals surface area contributed by atoms with Crippen LogP contribution in [0.1, 0.15) is 43.9 Å². The number of benzene rings is 1. The summed E-state index contributed by atoms with van der Waals surface area (Å²) in [4.78, 5) is 0. The summed E-state index contributed by atoms with van der Waals surface area (Å²) in [5.41, 5.74) is 1.96. The van der Waals surface area contributed by atoms with Crippen molar-refractivity contribution < 1.29 is 9.13 Å². The summed E-state index contributed by atoms with van der Waals surface area (Å²) >= 11 is 0. The molecule has 0 saturated carbocycles. The summed E-state index contributed by atoms with van der Waals surface area (Å²) in [6.45, 7) is 7.01. The van der Waals surface area contributed by atoms with Gasteiger partial charge in [-0.1, -0.05) is 13.0 Å². The Kier molecular flexibility index (Phi) is 6.30. The van der Waals surface area contributed by atoms with Crippen LogP contribution >= 0.6 is 0 Å². The summed E-state index contributed by atoms with van der Waals surface area (Å²) in [6, 6.07) is 5.36. The molecule has 0 radical (unpaired) electrons. The summed E-state index contributed by atoms with van der Waals surface area (Å²) < 4.78 is 18.8. The Morgan fingerprint density at radius 2 is 2.06 bits per heavy atom. The topological polar surface area (TPSA) is 21.3 Å². The van der Waals surface area contributed by atoms with Crippen LogP contribution < -0.4 is 5.32 Å². The van der Waals surface area contributed by atoms with Crippen molar-refractivity contribution in [1.82, 2.24) is 5.32 Å². The highest BCUT2D eigenvalue weighted by Crippen LogP contribution is 2.22. The van der Waals surface area contributed by atoms with Crippen LogP contribution in [0.3, 0.4) is 0 Å². The molecule has 0 spiro atoms. The van der Waals surface area contributed by atoms with E-state index in [1.807, 2.05) is 19.9 Å². The second-order valence-corrected chi connectivity index (χ2v) is 4.85. The Labute approximate surface area is 110 Å². The Hall–Kier alpha value is -0.930. The van der Waals surface area contributed by atoms with Gasteiger partial charge >= 0.3 is 0 Å². The Morgan fingerprint density at radius 1 is 1.33 bits per heavy atom. The van der Waals surface area contributed by atoms with Crippen molar-refractivity contribution in [2.24, 2.45) is 0 Å². The van der Waals surface area contributed by atoms with E-state index in [1.165, 1.54) is 0 Å². The number of halogens is 1. The van der Waals surface area contributed by atoms with Crippen LogP contribution in [0.25, 0.3) is 0 Å². The zero-order valence-corrected chi connectivity index (χ0v) is 11.8. The fraction of sp³-hybridized carbons (Fsp3) is 0.600. The van der Waals surface area contributed by atoms with Gasteiger partial charge in [-0.05, 0) is 56.5 Å². The molecule has 0 amide bonds. The number of aryl methyl sites for hydroxylation is 1. The lowest BCUT2D eigenvalue weighted by molar-refractivity contribution is 0.100. The molecule has 18 heavy (non-hydrogen) atoms. The van der Waals surface area contributed by atoms with Crippen LogP contribution in [0.4, 0.5) is 4.39 Å². The molecule has 1 N–H and O–H groups in total. The third-order valence-electron chi connectivity index (χ3n) is 3.08. The van der Waals surface area contributed by atoms with Crippen LogP contribution in [0.2, 0.25) is 0 Å². The van der Waals surface area contributed by atoms with Gasteiger partial charge in [0.15, 0.2) is 0 Å². The van der Waals surface area contributed by atoms with Crippen LogP contribution in [0.15, 0.2) is 18.2 Å². The van der Waals surface area contributed by atoms with Crippen molar-refractivity contribution >= 4 is 0 Å². The van der Waals surface area contributed by atoms with Crippen molar-refractivity contribution in [3.8, 4) is 0 Å². The van der Waals surface area contributed by atoms with Gasteiger partial charge in [-0.25, -0.2) is 4.39 Å². The first-order valence-corrected chi connectivity index (χ1v) is 6.60.